The molecule has 3 aromatic rings. The molecule has 9 heteroatoms. The Bertz CT molecular complexity index is 1190. The molecule has 0 fully saturated rings. The van der Waals surface area contributed by atoms with Crippen molar-refractivity contribution in [2.75, 3.05) is 5.32 Å². The van der Waals surface area contributed by atoms with Gasteiger partial charge in [-0.2, -0.15) is 0 Å². The van der Waals surface area contributed by atoms with Crippen molar-refractivity contribution in [1.29, 1.82) is 0 Å². The van der Waals surface area contributed by atoms with E-state index in [4.69, 9.17) is 14.6 Å². The van der Waals surface area contributed by atoms with Crippen LogP contribution in [0, 0.1) is 0 Å². The molecule has 0 spiro atoms. The Kier molecular flexibility index (Phi) is 7.24. The van der Waals surface area contributed by atoms with Gasteiger partial charge in [0.25, 0.3) is 5.91 Å². The van der Waals surface area contributed by atoms with E-state index in [2.05, 4.69) is 5.32 Å². The van der Waals surface area contributed by atoms with Crippen LogP contribution in [0.2, 0.25) is 0 Å². The average Bonchev–Trinajstić information content (AvgIpc) is 2.78. The Balaban J connectivity index is 1.57. The maximum Gasteiger partial charge on any atom is 0.339 e. The van der Waals surface area contributed by atoms with E-state index in [-0.39, 0.29) is 10.5 Å². The Labute approximate surface area is 186 Å². The molecule has 0 aliphatic carbocycles. The van der Waals surface area contributed by atoms with E-state index in [1.54, 1.807) is 24.3 Å². The van der Waals surface area contributed by atoms with Gasteiger partial charge >= 0.3 is 5.97 Å². The molecule has 3 aromatic carbocycles. The van der Waals surface area contributed by atoms with E-state index in [1.807, 2.05) is 30.3 Å². The quantitative estimate of drug-likeness (QED) is 0.504. The second-order valence-corrected chi connectivity index (χ2v) is 8.47. The van der Waals surface area contributed by atoms with E-state index in [1.165, 1.54) is 31.2 Å². The second kappa shape index (κ2) is 10.1. The lowest BCUT2D eigenvalue weighted by Gasteiger charge is -2.14. The van der Waals surface area contributed by atoms with Gasteiger partial charge in [0.1, 0.15) is 12.4 Å². The fourth-order valence-electron chi connectivity index (χ4n) is 2.71. The lowest BCUT2D eigenvalue weighted by Crippen LogP contribution is -2.30. The number of ether oxygens (including phenoxy) is 2. The Morgan fingerprint density at radius 2 is 1.66 bits per heavy atom. The number of carbonyl (C=O) groups is 2. The predicted octanol–water partition coefficient (Wildman–Crippen LogP) is 3.10. The molecule has 1 amide bonds. The fraction of sp³-hybridized carbons (Fsp3) is 0.130. The van der Waals surface area contributed by atoms with Gasteiger partial charge in [-0.1, -0.05) is 36.4 Å². The molecule has 0 heterocycles. The van der Waals surface area contributed by atoms with Gasteiger partial charge in [0.2, 0.25) is 10.0 Å². The molecule has 0 radical (unpaired) electrons. The van der Waals surface area contributed by atoms with Crippen molar-refractivity contribution >= 4 is 27.6 Å². The molecule has 3 rings (SSSR count). The summed E-state index contributed by atoms with van der Waals surface area (Å²) >= 11 is 0. The first-order valence-electron chi connectivity index (χ1n) is 9.64. The molecule has 0 aliphatic heterocycles. The molecular weight excluding hydrogens is 432 g/mol. The number of anilines is 1. The first kappa shape index (κ1) is 23.0. The van der Waals surface area contributed by atoms with Gasteiger partial charge in [-0.15, -0.1) is 0 Å². The summed E-state index contributed by atoms with van der Waals surface area (Å²) in [6.07, 6.45) is -1.09. The number of nitrogens with one attached hydrogen (secondary N) is 1. The van der Waals surface area contributed by atoms with Crippen molar-refractivity contribution in [3.8, 4) is 5.75 Å². The summed E-state index contributed by atoms with van der Waals surface area (Å²) in [5.74, 6) is -0.754. The van der Waals surface area contributed by atoms with Crippen LogP contribution in [0.5, 0.6) is 5.75 Å². The highest BCUT2D eigenvalue weighted by Gasteiger charge is 2.20. The zero-order chi connectivity index (χ0) is 23.1. The average molecular weight is 455 g/mol. The smallest absolute Gasteiger partial charge is 0.339 e. The Morgan fingerprint density at radius 1 is 0.969 bits per heavy atom. The fourth-order valence-corrected chi connectivity index (χ4v) is 3.22. The Hall–Kier alpha value is -3.69. The molecule has 0 unspecified atom stereocenters. The van der Waals surface area contributed by atoms with Gasteiger partial charge in [0.15, 0.2) is 6.10 Å². The van der Waals surface area contributed by atoms with Crippen molar-refractivity contribution in [3.05, 3.63) is 90.0 Å². The normalized spacial score (nSPS) is 11.9. The number of sulfonamides is 1. The van der Waals surface area contributed by atoms with E-state index in [9.17, 15) is 18.0 Å². The SMILES string of the molecule is C[C@@H](OC(=O)c1cccc(OCc2ccccc2)c1)C(=O)Nc1ccc(S(N)(=O)=O)cc1. The number of hydrogen-bond acceptors (Lipinski definition) is 6. The zero-order valence-corrected chi connectivity index (χ0v) is 18.0. The van der Waals surface area contributed by atoms with Gasteiger partial charge < -0.3 is 14.8 Å². The molecule has 0 bridgehead atoms. The predicted molar refractivity (Wildman–Crippen MR) is 119 cm³/mol. The lowest BCUT2D eigenvalue weighted by atomic mass is 10.2. The van der Waals surface area contributed by atoms with Crippen molar-refractivity contribution in [2.24, 2.45) is 5.14 Å². The molecule has 32 heavy (non-hydrogen) atoms. The summed E-state index contributed by atoms with van der Waals surface area (Å²) in [6, 6.07) is 21.4. The maximum absolute atomic E-state index is 12.5. The third-order valence-electron chi connectivity index (χ3n) is 4.42. The molecule has 0 aliphatic rings. The number of benzene rings is 3. The summed E-state index contributed by atoms with van der Waals surface area (Å²) in [6.45, 7) is 1.78. The van der Waals surface area contributed by atoms with Gasteiger partial charge in [0, 0.05) is 5.69 Å². The minimum atomic E-state index is -3.83. The van der Waals surface area contributed by atoms with Crippen LogP contribution < -0.4 is 15.2 Å². The molecule has 166 valence electrons. The summed E-state index contributed by atoms with van der Waals surface area (Å²) in [7, 11) is -3.83. The van der Waals surface area contributed by atoms with E-state index >= 15 is 0 Å². The molecule has 3 N–H and O–H groups in total. The molecule has 0 aromatic heterocycles. The summed E-state index contributed by atoms with van der Waals surface area (Å²) in [5, 5.41) is 7.59. The number of rotatable bonds is 8. The van der Waals surface area contributed by atoms with Crippen molar-refractivity contribution in [3.63, 3.8) is 0 Å². The maximum atomic E-state index is 12.5. The molecular formula is C23H22N2O6S. The van der Waals surface area contributed by atoms with Crippen LogP contribution in [0.4, 0.5) is 5.69 Å². The highest BCUT2D eigenvalue weighted by Crippen LogP contribution is 2.17. The van der Waals surface area contributed by atoms with Crippen LogP contribution >= 0.6 is 0 Å². The number of carbonyl (C=O) groups excluding carboxylic acids is 2. The van der Waals surface area contributed by atoms with Crippen molar-refractivity contribution in [2.45, 2.75) is 24.5 Å². The van der Waals surface area contributed by atoms with E-state index in [0.29, 0.717) is 18.0 Å². The molecule has 1 atom stereocenters. The second-order valence-electron chi connectivity index (χ2n) is 6.91. The monoisotopic (exact) mass is 454 g/mol. The zero-order valence-electron chi connectivity index (χ0n) is 17.2. The largest absolute Gasteiger partial charge is 0.489 e. The van der Waals surface area contributed by atoms with Crippen molar-refractivity contribution < 1.29 is 27.5 Å². The molecule has 0 saturated carbocycles. The van der Waals surface area contributed by atoms with E-state index in [0.717, 1.165) is 5.56 Å². The highest BCUT2D eigenvalue weighted by atomic mass is 32.2. The van der Waals surface area contributed by atoms with Gasteiger partial charge in [-0.25, -0.2) is 18.4 Å². The van der Waals surface area contributed by atoms with Crippen LogP contribution in [-0.2, 0) is 26.2 Å². The number of nitrogens with two attached hydrogens (primary N) is 1. The molecule has 0 saturated heterocycles. The summed E-state index contributed by atoms with van der Waals surface area (Å²) < 4.78 is 33.5. The van der Waals surface area contributed by atoms with E-state index < -0.39 is 28.0 Å². The topological polar surface area (TPSA) is 125 Å². The summed E-state index contributed by atoms with van der Waals surface area (Å²) in [4.78, 5) is 24.7. The minimum absolute atomic E-state index is 0.0793. The van der Waals surface area contributed by atoms with Gasteiger partial charge in [-0.3, -0.25) is 4.79 Å². The highest BCUT2D eigenvalue weighted by molar-refractivity contribution is 7.89. The van der Waals surface area contributed by atoms with Crippen LogP contribution in [-0.4, -0.2) is 26.4 Å². The van der Waals surface area contributed by atoms with Gasteiger partial charge in [-0.05, 0) is 55.0 Å². The van der Waals surface area contributed by atoms with Crippen LogP contribution in [0.15, 0.2) is 83.8 Å². The Morgan fingerprint density at radius 3 is 2.31 bits per heavy atom. The van der Waals surface area contributed by atoms with Gasteiger partial charge in [0.05, 0.1) is 10.5 Å². The number of amides is 1. The standard InChI is InChI=1S/C23H22N2O6S/c1-16(22(26)25-19-10-12-21(13-11-19)32(24,28)29)31-23(27)18-8-5-9-20(14-18)30-15-17-6-3-2-4-7-17/h2-14,16H,15H2,1H3,(H,25,26)(H2,24,28,29)/t16-/m1/s1. The third-order valence-corrected chi connectivity index (χ3v) is 5.35. The first-order chi connectivity index (χ1) is 15.2. The summed E-state index contributed by atoms with van der Waals surface area (Å²) in [5.41, 5.74) is 1.57. The number of esters is 1. The van der Waals surface area contributed by atoms with Crippen molar-refractivity contribution in [1.82, 2.24) is 0 Å². The first-order valence-corrected chi connectivity index (χ1v) is 11.2. The van der Waals surface area contributed by atoms with Crippen LogP contribution in [0.25, 0.3) is 0 Å². The number of hydrogen-bond donors (Lipinski definition) is 2. The number of primary sulfonamides is 1. The lowest BCUT2D eigenvalue weighted by molar-refractivity contribution is -0.123. The molecule has 8 nitrogen and oxygen atoms in total. The third kappa shape index (κ3) is 6.40. The van der Waals surface area contributed by atoms with Crippen LogP contribution in [0.3, 0.4) is 0 Å². The minimum Gasteiger partial charge on any atom is -0.489 e. The van der Waals surface area contributed by atoms with Crippen LogP contribution in [0.1, 0.15) is 22.8 Å².